The first-order valence-corrected chi connectivity index (χ1v) is 1.39. The summed E-state index contributed by atoms with van der Waals surface area (Å²) in [6, 6.07) is 0. The molecule has 0 spiro atoms. The molecule has 0 aliphatic rings. The molecule has 0 atom stereocenters. The minimum atomic E-state index is 0.248. The van der Waals surface area contributed by atoms with E-state index in [1.54, 1.807) is 0 Å². The van der Waals surface area contributed by atoms with E-state index in [2.05, 4.69) is 11.7 Å². The van der Waals surface area contributed by atoms with Crippen molar-refractivity contribution in [2.45, 2.75) is 0 Å². The molecule has 0 heterocycles. The summed E-state index contributed by atoms with van der Waals surface area (Å²) in [6.45, 7) is 3.21. The van der Waals surface area contributed by atoms with Crippen molar-refractivity contribution in [3.63, 3.8) is 0 Å². The monoisotopic (exact) mass is 86.0 g/mol. The van der Waals surface area contributed by atoms with E-state index in [4.69, 9.17) is 10.9 Å². The number of oxime groups is 1. The third-order valence-electron chi connectivity index (χ3n) is 0.224. The highest BCUT2D eigenvalue weighted by Crippen LogP contribution is 1.62. The molecule has 0 radical (unpaired) electrons. The molecule has 0 amide bonds. The third kappa shape index (κ3) is 3.01. The zero-order valence-electron chi connectivity index (χ0n) is 3.26. The molecule has 0 aliphatic carbocycles. The molecule has 0 aromatic carbocycles. The van der Waals surface area contributed by atoms with Crippen LogP contribution in [0.3, 0.4) is 0 Å². The van der Waals surface area contributed by atoms with E-state index in [1.807, 2.05) is 0 Å². The molecule has 0 aliphatic heterocycles. The summed E-state index contributed by atoms with van der Waals surface area (Å²) in [6.07, 6.45) is 1.06. The van der Waals surface area contributed by atoms with Crippen molar-refractivity contribution in [1.82, 2.24) is 0 Å². The van der Waals surface area contributed by atoms with E-state index in [0.717, 1.165) is 6.21 Å². The molecular formula is C3H6N2O. The van der Waals surface area contributed by atoms with Crippen LogP contribution in [0.4, 0.5) is 0 Å². The maximum atomic E-state index is 7.67. The lowest BCUT2D eigenvalue weighted by molar-refractivity contribution is 0.321. The molecular weight excluding hydrogens is 80.0 g/mol. The number of nitrogens with zero attached hydrogens (tertiary/aromatic N) is 1. The van der Waals surface area contributed by atoms with Gasteiger partial charge in [0, 0.05) is 5.70 Å². The molecule has 34 valence electrons. The Kier molecular flexibility index (Phi) is 1.89. The first-order chi connectivity index (χ1) is 2.77. The van der Waals surface area contributed by atoms with Crippen molar-refractivity contribution in [3.05, 3.63) is 12.3 Å². The lowest BCUT2D eigenvalue weighted by atomic mass is 10.6. The molecule has 0 saturated heterocycles. The van der Waals surface area contributed by atoms with Crippen molar-refractivity contribution in [2.24, 2.45) is 10.9 Å². The quantitative estimate of drug-likeness (QED) is 0.266. The van der Waals surface area contributed by atoms with Gasteiger partial charge in [0.15, 0.2) is 0 Å². The van der Waals surface area contributed by atoms with Crippen LogP contribution >= 0.6 is 0 Å². The summed E-state index contributed by atoms with van der Waals surface area (Å²) in [7, 11) is 0. The van der Waals surface area contributed by atoms with Gasteiger partial charge in [-0.25, -0.2) is 0 Å². The third-order valence-corrected chi connectivity index (χ3v) is 0.224. The Morgan fingerprint density at radius 3 is 2.50 bits per heavy atom. The van der Waals surface area contributed by atoms with Crippen molar-refractivity contribution >= 4 is 6.21 Å². The average Bonchev–Trinajstić information content (AvgIpc) is 1.35. The molecule has 0 bridgehead atoms. The number of allylic oxidation sites excluding steroid dienone is 1. The van der Waals surface area contributed by atoms with E-state index in [9.17, 15) is 0 Å². The van der Waals surface area contributed by atoms with Gasteiger partial charge in [-0.05, 0) is 0 Å². The van der Waals surface area contributed by atoms with Gasteiger partial charge in [-0.15, -0.1) is 0 Å². The van der Waals surface area contributed by atoms with Crippen LogP contribution in [0, 0.1) is 0 Å². The van der Waals surface area contributed by atoms with Crippen molar-refractivity contribution in [1.29, 1.82) is 0 Å². The average molecular weight is 86.1 g/mol. The second-order valence-corrected chi connectivity index (χ2v) is 0.819. The van der Waals surface area contributed by atoms with E-state index in [1.165, 1.54) is 0 Å². The van der Waals surface area contributed by atoms with Gasteiger partial charge in [-0.1, -0.05) is 11.7 Å². The molecule has 0 rings (SSSR count). The summed E-state index contributed by atoms with van der Waals surface area (Å²) >= 11 is 0. The Morgan fingerprint density at radius 2 is 2.50 bits per heavy atom. The number of hydrogen-bond acceptors (Lipinski definition) is 3. The molecule has 3 N–H and O–H groups in total. The summed E-state index contributed by atoms with van der Waals surface area (Å²) < 4.78 is 0. The minimum absolute atomic E-state index is 0.248. The second-order valence-electron chi connectivity index (χ2n) is 0.819. The highest BCUT2D eigenvalue weighted by molar-refractivity contribution is 5.75. The second kappa shape index (κ2) is 2.26. The fourth-order valence-corrected chi connectivity index (χ4v) is 0.0742. The topological polar surface area (TPSA) is 58.6 Å². The van der Waals surface area contributed by atoms with Gasteiger partial charge < -0.3 is 10.9 Å². The van der Waals surface area contributed by atoms with Crippen LogP contribution in [-0.2, 0) is 0 Å². The summed E-state index contributed by atoms with van der Waals surface area (Å²) in [5.74, 6) is 0. The Balaban J connectivity index is 3.30. The Morgan fingerprint density at radius 1 is 2.00 bits per heavy atom. The minimum Gasteiger partial charge on any atom is -0.411 e. The molecule has 0 saturated carbocycles. The van der Waals surface area contributed by atoms with E-state index in [-0.39, 0.29) is 5.70 Å². The summed E-state index contributed by atoms with van der Waals surface area (Å²) in [5, 5.41) is 10.3. The van der Waals surface area contributed by atoms with Gasteiger partial charge in [-0.2, -0.15) is 0 Å². The number of rotatable bonds is 1. The fourth-order valence-electron chi connectivity index (χ4n) is 0.0742. The SMILES string of the molecule is C=C(N)/C=N/O. The van der Waals surface area contributed by atoms with E-state index in [0.29, 0.717) is 0 Å². The maximum Gasteiger partial charge on any atom is 0.0884 e. The Bertz CT molecular complexity index is 76.9. The van der Waals surface area contributed by atoms with Crippen LogP contribution in [0.15, 0.2) is 17.4 Å². The molecule has 6 heavy (non-hydrogen) atoms. The molecule has 3 heteroatoms. The normalized spacial score (nSPS) is 9.33. The van der Waals surface area contributed by atoms with Gasteiger partial charge in [0.25, 0.3) is 0 Å². The van der Waals surface area contributed by atoms with Gasteiger partial charge in [0.2, 0.25) is 0 Å². The highest BCUT2D eigenvalue weighted by Gasteiger charge is 1.67. The molecule has 0 aromatic rings. The van der Waals surface area contributed by atoms with Crippen LogP contribution in [0.5, 0.6) is 0 Å². The first kappa shape index (κ1) is 5.01. The standard InChI is InChI=1S/C3H6N2O/c1-3(4)2-5-6/h2,6H,1,4H2/b5-2+. The zero-order valence-corrected chi connectivity index (χ0v) is 3.26. The van der Waals surface area contributed by atoms with E-state index < -0.39 is 0 Å². The van der Waals surface area contributed by atoms with Crippen molar-refractivity contribution < 1.29 is 5.21 Å². The van der Waals surface area contributed by atoms with Crippen LogP contribution in [-0.4, -0.2) is 11.4 Å². The largest absolute Gasteiger partial charge is 0.411 e. The van der Waals surface area contributed by atoms with Gasteiger partial charge in [0.05, 0.1) is 6.21 Å². The van der Waals surface area contributed by atoms with Gasteiger partial charge >= 0.3 is 0 Å². The lowest BCUT2D eigenvalue weighted by Gasteiger charge is -1.76. The Labute approximate surface area is 35.8 Å². The summed E-state index contributed by atoms with van der Waals surface area (Å²) in [4.78, 5) is 0. The molecule has 0 aromatic heterocycles. The van der Waals surface area contributed by atoms with Gasteiger partial charge in [0.1, 0.15) is 0 Å². The fraction of sp³-hybridized carbons (Fsp3) is 0. The van der Waals surface area contributed by atoms with Gasteiger partial charge in [-0.3, -0.25) is 0 Å². The van der Waals surface area contributed by atoms with Crippen LogP contribution in [0.25, 0.3) is 0 Å². The van der Waals surface area contributed by atoms with Crippen LogP contribution in [0.1, 0.15) is 0 Å². The molecule has 0 fully saturated rings. The van der Waals surface area contributed by atoms with Crippen LogP contribution < -0.4 is 5.73 Å². The predicted molar refractivity (Wildman–Crippen MR) is 23.6 cm³/mol. The smallest absolute Gasteiger partial charge is 0.0884 e. The summed E-state index contributed by atoms with van der Waals surface area (Å²) in [5.41, 5.74) is 5.15. The highest BCUT2D eigenvalue weighted by atomic mass is 16.4. The maximum absolute atomic E-state index is 7.67. The predicted octanol–water partition coefficient (Wildman–Crippen LogP) is -0.0812. The van der Waals surface area contributed by atoms with Crippen molar-refractivity contribution in [2.75, 3.05) is 0 Å². The molecule has 0 unspecified atom stereocenters. The molecule has 3 nitrogen and oxygen atoms in total. The lowest BCUT2D eigenvalue weighted by Crippen LogP contribution is -1.93. The van der Waals surface area contributed by atoms with E-state index >= 15 is 0 Å². The number of nitrogens with two attached hydrogens (primary N) is 1. The number of hydrogen-bond donors (Lipinski definition) is 2. The zero-order chi connectivity index (χ0) is 4.99. The van der Waals surface area contributed by atoms with Crippen LogP contribution in [0.2, 0.25) is 0 Å². The Hall–Kier alpha value is -0.990. The van der Waals surface area contributed by atoms with Crippen molar-refractivity contribution in [3.8, 4) is 0 Å². The first-order valence-electron chi connectivity index (χ1n) is 1.39.